The molecule has 2 fully saturated rings. The van der Waals surface area contributed by atoms with Gasteiger partial charge in [-0.3, -0.25) is 24.1 Å². The highest BCUT2D eigenvalue weighted by atomic mass is 35.5. The fourth-order valence-electron chi connectivity index (χ4n) is 4.52. The minimum absolute atomic E-state index is 0.196. The smallest absolute Gasteiger partial charge is 0.343 e. The summed E-state index contributed by atoms with van der Waals surface area (Å²) in [5.41, 5.74) is 0.436. The molecule has 0 bridgehead atoms. The van der Waals surface area contributed by atoms with E-state index in [0.717, 1.165) is 11.3 Å². The van der Waals surface area contributed by atoms with Crippen molar-refractivity contribution in [1.82, 2.24) is 4.90 Å². The Balaban J connectivity index is 1.28. The summed E-state index contributed by atoms with van der Waals surface area (Å²) in [5.74, 6) is -2.85. The number of Topliss-reactive ketones (excluding diaryl/α,β-unsaturated/α-hetero) is 1. The molecule has 1 saturated heterocycles. The second kappa shape index (κ2) is 10.8. The molecular formula is C26H23Cl2NO7. The molecule has 2 aliphatic rings. The van der Waals surface area contributed by atoms with Crippen LogP contribution in [-0.4, -0.2) is 47.6 Å². The van der Waals surface area contributed by atoms with Crippen LogP contribution in [0.3, 0.4) is 0 Å². The van der Waals surface area contributed by atoms with Crippen LogP contribution in [0.25, 0.3) is 0 Å². The van der Waals surface area contributed by atoms with Crippen molar-refractivity contribution >= 4 is 52.7 Å². The molecule has 36 heavy (non-hydrogen) atoms. The van der Waals surface area contributed by atoms with Crippen molar-refractivity contribution < 1.29 is 33.4 Å². The summed E-state index contributed by atoms with van der Waals surface area (Å²) in [4.78, 5) is 63.1. The maximum atomic E-state index is 12.6. The SMILES string of the molecule is CC1CCC2C(=O)N(CC(=O)OCC(=O)c3ccc(OC(=O)c4ccc(Cl)c(Cl)c4)cc3)C(=O)C2C1. The first-order chi connectivity index (χ1) is 17.1. The Labute approximate surface area is 217 Å². The van der Waals surface area contributed by atoms with Gasteiger partial charge in [0, 0.05) is 5.56 Å². The fraction of sp³-hybridized carbons (Fsp3) is 0.346. The molecule has 1 heterocycles. The number of hydrogen-bond donors (Lipinski definition) is 0. The molecule has 2 aromatic carbocycles. The number of imide groups is 1. The molecule has 3 unspecified atom stereocenters. The Bertz CT molecular complexity index is 1230. The van der Waals surface area contributed by atoms with E-state index < -0.39 is 30.9 Å². The maximum absolute atomic E-state index is 12.6. The number of ketones is 1. The van der Waals surface area contributed by atoms with E-state index in [0.29, 0.717) is 23.8 Å². The molecule has 0 N–H and O–H groups in total. The Kier molecular flexibility index (Phi) is 7.76. The number of halogens is 2. The second-order valence-corrected chi connectivity index (χ2v) is 9.83. The summed E-state index contributed by atoms with van der Waals surface area (Å²) in [6.45, 7) is 0.986. The van der Waals surface area contributed by atoms with Gasteiger partial charge in [-0.1, -0.05) is 30.1 Å². The molecule has 2 amide bonds. The van der Waals surface area contributed by atoms with Gasteiger partial charge in [-0.05, 0) is 67.6 Å². The molecule has 188 valence electrons. The minimum Gasteiger partial charge on any atom is -0.456 e. The van der Waals surface area contributed by atoms with Crippen molar-refractivity contribution in [3.63, 3.8) is 0 Å². The summed E-state index contributed by atoms with van der Waals surface area (Å²) in [6, 6.07) is 10.0. The third-order valence-corrected chi connectivity index (χ3v) is 7.21. The first kappa shape index (κ1) is 25.9. The van der Waals surface area contributed by atoms with Gasteiger partial charge in [-0.25, -0.2) is 4.79 Å². The van der Waals surface area contributed by atoms with Crippen LogP contribution in [0, 0.1) is 17.8 Å². The van der Waals surface area contributed by atoms with Gasteiger partial charge in [0.1, 0.15) is 12.3 Å². The van der Waals surface area contributed by atoms with Crippen LogP contribution >= 0.6 is 23.2 Å². The van der Waals surface area contributed by atoms with Crippen LogP contribution in [-0.2, 0) is 19.1 Å². The molecule has 0 radical (unpaired) electrons. The summed E-state index contributed by atoms with van der Waals surface area (Å²) in [6.07, 6.45) is 2.15. The third-order valence-electron chi connectivity index (χ3n) is 6.47. The van der Waals surface area contributed by atoms with Crippen molar-refractivity contribution in [2.24, 2.45) is 17.8 Å². The molecule has 1 aliphatic heterocycles. The van der Waals surface area contributed by atoms with Crippen LogP contribution in [0.5, 0.6) is 5.75 Å². The highest BCUT2D eigenvalue weighted by Crippen LogP contribution is 2.40. The number of ether oxygens (including phenoxy) is 2. The lowest BCUT2D eigenvalue weighted by Crippen LogP contribution is -2.37. The van der Waals surface area contributed by atoms with Gasteiger partial charge in [0.05, 0.1) is 27.4 Å². The molecule has 2 aromatic rings. The normalized spacial score (nSPS) is 21.2. The van der Waals surface area contributed by atoms with Gasteiger partial charge in [0.25, 0.3) is 0 Å². The third kappa shape index (κ3) is 5.60. The second-order valence-electron chi connectivity index (χ2n) is 9.02. The Morgan fingerprint density at radius 3 is 2.28 bits per heavy atom. The molecule has 0 spiro atoms. The van der Waals surface area contributed by atoms with Crippen molar-refractivity contribution in [1.29, 1.82) is 0 Å². The monoisotopic (exact) mass is 531 g/mol. The van der Waals surface area contributed by atoms with Crippen molar-refractivity contribution in [3.8, 4) is 5.75 Å². The number of hydrogen-bond acceptors (Lipinski definition) is 7. The van der Waals surface area contributed by atoms with Crippen LogP contribution in [0.2, 0.25) is 10.0 Å². The molecule has 1 saturated carbocycles. The van der Waals surface area contributed by atoms with E-state index >= 15 is 0 Å². The standard InChI is InChI=1S/C26H23Cl2NO7/c1-14-2-8-18-19(10-14)25(33)29(24(18)32)12-23(31)35-13-22(30)15-3-6-17(7-4-15)36-26(34)16-5-9-20(27)21(28)11-16/h3-7,9,11,14,18-19H,2,8,10,12-13H2,1H3. The largest absolute Gasteiger partial charge is 0.456 e. The number of amides is 2. The summed E-state index contributed by atoms with van der Waals surface area (Å²) in [5, 5.41) is 0.524. The van der Waals surface area contributed by atoms with Crippen LogP contribution in [0.4, 0.5) is 0 Å². The number of benzene rings is 2. The first-order valence-corrected chi connectivity index (χ1v) is 12.2. The van der Waals surface area contributed by atoms with Gasteiger partial charge in [0.2, 0.25) is 11.8 Å². The average molecular weight is 532 g/mol. The molecule has 0 aromatic heterocycles. The molecule has 1 aliphatic carbocycles. The van der Waals surface area contributed by atoms with Crippen molar-refractivity contribution in [2.45, 2.75) is 26.2 Å². The number of carbonyl (C=O) groups excluding carboxylic acids is 5. The van der Waals surface area contributed by atoms with E-state index in [4.69, 9.17) is 32.7 Å². The highest BCUT2D eigenvalue weighted by molar-refractivity contribution is 6.42. The first-order valence-electron chi connectivity index (χ1n) is 11.5. The number of carbonyl (C=O) groups is 5. The van der Waals surface area contributed by atoms with E-state index in [-0.39, 0.29) is 45.5 Å². The lowest BCUT2D eigenvalue weighted by atomic mass is 9.76. The van der Waals surface area contributed by atoms with Gasteiger partial charge in [-0.2, -0.15) is 0 Å². The average Bonchev–Trinajstić information content (AvgIpc) is 3.08. The number of likely N-dealkylation sites (tertiary alicyclic amines) is 1. The van der Waals surface area contributed by atoms with E-state index in [1.54, 1.807) is 0 Å². The molecule has 3 atom stereocenters. The number of rotatable bonds is 7. The summed E-state index contributed by atoms with van der Waals surface area (Å²) in [7, 11) is 0. The maximum Gasteiger partial charge on any atom is 0.343 e. The van der Waals surface area contributed by atoms with Gasteiger partial charge < -0.3 is 9.47 Å². The lowest BCUT2D eigenvalue weighted by molar-refractivity contribution is -0.152. The van der Waals surface area contributed by atoms with Gasteiger partial charge >= 0.3 is 11.9 Å². The molecule has 4 rings (SSSR count). The zero-order valence-corrected chi connectivity index (χ0v) is 20.9. The predicted octanol–water partition coefficient (Wildman–Crippen LogP) is 4.36. The number of nitrogens with zero attached hydrogens (tertiary/aromatic N) is 1. The van der Waals surface area contributed by atoms with Crippen LogP contribution < -0.4 is 4.74 Å². The topological polar surface area (TPSA) is 107 Å². The predicted molar refractivity (Wildman–Crippen MR) is 130 cm³/mol. The minimum atomic E-state index is -0.830. The van der Waals surface area contributed by atoms with Crippen molar-refractivity contribution in [2.75, 3.05) is 13.2 Å². The lowest BCUT2D eigenvalue weighted by Gasteiger charge is -2.25. The summed E-state index contributed by atoms with van der Waals surface area (Å²) >= 11 is 11.8. The van der Waals surface area contributed by atoms with E-state index in [1.165, 1.54) is 42.5 Å². The zero-order valence-electron chi connectivity index (χ0n) is 19.4. The molecule has 10 heteroatoms. The quantitative estimate of drug-likeness (QED) is 0.226. The fourth-order valence-corrected chi connectivity index (χ4v) is 4.81. The van der Waals surface area contributed by atoms with E-state index in [2.05, 4.69) is 0 Å². The summed E-state index contributed by atoms with van der Waals surface area (Å²) < 4.78 is 10.3. The van der Waals surface area contributed by atoms with E-state index in [9.17, 15) is 24.0 Å². The van der Waals surface area contributed by atoms with E-state index in [1.807, 2.05) is 6.92 Å². The van der Waals surface area contributed by atoms with Crippen LogP contribution in [0.1, 0.15) is 46.9 Å². The Morgan fingerprint density at radius 1 is 0.917 bits per heavy atom. The molecular weight excluding hydrogens is 509 g/mol. The van der Waals surface area contributed by atoms with Gasteiger partial charge in [-0.15, -0.1) is 0 Å². The van der Waals surface area contributed by atoms with Crippen LogP contribution in [0.15, 0.2) is 42.5 Å². The number of fused-ring (bicyclic) bond motifs is 1. The Hall–Kier alpha value is -3.23. The number of esters is 2. The molecule has 8 nitrogen and oxygen atoms in total. The Morgan fingerprint density at radius 2 is 1.58 bits per heavy atom. The zero-order chi connectivity index (χ0) is 26.0. The van der Waals surface area contributed by atoms with Gasteiger partial charge in [0.15, 0.2) is 12.4 Å². The van der Waals surface area contributed by atoms with Crippen molar-refractivity contribution in [3.05, 3.63) is 63.6 Å². The highest BCUT2D eigenvalue weighted by Gasteiger charge is 2.49.